The van der Waals surface area contributed by atoms with Gasteiger partial charge in [-0.05, 0) is 42.0 Å². The van der Waals surface area contributed by atoms with Gasteiger partial charge >= 0.3 is 43.7 Å². The van der Waals surface area contributed by atoms with Crippen LogP contribution in [0.4, 0.5) is 0 Å². The largest absolute Gasteiger partial charge is 2.00 e. The Morgan fingerprint density at radius 1 is 1.33 bits per heavy atom. The minimum Gasteiger partial charge on any atom is -1.00 e. The van der Waals surface area contributed by atoms with E-state index in [-0.39, 0.29) is 52.4 Å². The molecule has 0 radical (unpaired) electrons. The monoisotopic (exact) mass is 366 g/mol. The Morgan fingerprint density at radius 2 is 2.04 bits per heavy atom. The van der Waals surface area contributed by atoms with Crippen molar-refractivity contribution in [1.82, 2.24) is 4.98 Å². The summed E-state index contributed by atoms with van der Waals surface area (Å²) in [5.41, 5.74) is 2.63. The summed E-state index contributed by atoms with van der Waals surface area (Å²) in [5, 5.41) is 17.9. The maximum atomic E-state index is 11.0. The maximum absolute atomic E-state index is 11.0. The van der Waals surface area contributed by atoms with E-state index in [4.69, 9.17) is 10.4 Å². The molecule has 6 heteroatoms. The van der Waals surface area contributed by atoms with Crippen LogP contribution < -0.4 is 0 Å². The molecule has 3 rings (SSSR count). The summed E-state index contributed by atoms with van der Waals surface area (Å²) < 4.78 is 0. The summed E-state index contributed by atoms with van der Waals surface area (Å²) in [6.07, 6.45) is 5.80. The topological polar surface area (TPSA) is 74.0 Å². The number of hydrogen-bond acceptors (Lipinski definition) is 4. The Hall–Kier alpha value is -1.06. The second-order valence-electron chi connectivity index (χ2n) is 5.92. The minimum absolute atomic E-state index is 0. The standard InChI is InChI=1S/C18H16N2O2S.Ca.2H/c19-10-13-1-3-14(4-2-13)15-11-20-8-5-16(15)23-12-18(6-7-18)9-17(21)22;;;/h1-5,8,11H,6-7,9,12H2,(H,21,22);;;/q;+2;2*-1. The van der Waals surface area contributed by atoms with Crippen LogP contribution in [0.25, 0.3) is 11.1 Å². The Balaban J connectivity index is 0.00000208. The van der Waals surface area contributed by atoms with Crippen molar-refractivity contribution in [2.45, 2.75) is 24.2 Å². The van der Waals surface area contributed by atoms with E-state index < -0.39 is 5.97 Å². The molecule has 24 heavy (non-hydrogen) atoms. The summed E-state index contributed by atoms with van der Waals surface area (Å²) in [6.45, 7) is 0. The number of nitriles is 1. The van der Waals surface area contributed by atoms with Crippen LogP contribution in [0.2, 0.25) is 0 Å². The summed E-state index contributed by atoms with van der Waals surface area (Å²) >= 11 is 1.69. The Labute approximate surface area is 178 Å². The summed E-state index contributed by atoms with van der Waals surface area (Å²) in [6, 6.07) is 11.5. The number of aromatic nitrogens is 1. The van der Waals surface area contributed by atoms with Crippen molar-refractivity contribution >= 4 is 55.5 Å². The third-order valence-electron chi connectivity index (χ3n) is 4.12. The van der Waals surface area contributed by atoms with Crippen molar-refractivity contribution in [3.05, 3.63) is 48.3 Å². The quantitative estimate of drug-likeness (QED) is 0.621. The second-order valence-corrected chi connectivity index (χ2v) is 6.94. The van der Waals surface area contributed by atoms with E-state index in [0.717, 1.165) is 34.6 Å². The number of thioether (sulfide) groups is 1. The molecule has 0 spiro atoms. The maximum Gasteiger partial charge on any atom is 2.00 e. The van der Waals surface area contributed by atoms with E-state index in [1.54, 1.807) is 30.1 Å². The fourth-order valence-electron chi connectivity index (χ4n) is 2.55. The van der Waals surface area contributed by atoms with Gasteiger partial charge in [0.15, 0.2) is 0 Å². The zero-order chi connectivity index (χ0) is 16.3. The van der Waals surface area contributed by atoms with Gasteiger partial charge in [0.25, 0.3) is 0 Å². The second kappa shape index (κ2) is 8.35. The first-order valence-corrected chi connectivity index (χ1v) is 8.40. The molecular weight excluding hydrogens is 348 g/mol. The fourth-order valence-corrected chi connectivity index (χ4v) is 3.88. The Bertz CT molecular complexity index is 778. The SMILES string of the molecule is N#Cc1ccc(-c2cnccc2SCC2(CC(=O)O)CC2)cc1.[Ca+2].[H-].[H-]. The molecule has 0 amide bonds. The molecule has 4 nitrogen and oxygen atoms in total. The number of pyridine rings is 1. The molecule has 1 aromatic heterocycles. The Morgan fingerprint density at radius 3 is 2.62 bits per heavy atom. The van der Waals surface area contributed by atoms with Crippen molar-refractivity contribution in [3.63, 3.8) is 0 Å². The Kier molecular flexibility index (Phi) is 6.70. The summed E-state index contributed by atoms with van der Waals surface area (Å²) in [5.74, 6) is 0.0946. The summed E-state index contributed by atoms with van der Waals surface area (Å²) in [7, 11) is 0. The van der Waals surface area contributed by atoms with Gasteiger partial charge in [0, 0.05) is 28.6 Å². The smallest absolute Gasteiger partial charge is 1.00 e. The molecular formula is C18H18CaN2O2S. The molecule has 0 bridgehead atoms. The van der Waals surface area contributed by atoms with Crippen LogP contribution in [0.3, 0.4) is 0 Å². The first kappa shape index (κ1) is 19.3. The van der Waals surface area contributed by atoms with Crippen molar-refractivity contribution in [3.8, 4) is 17.2 Å². The molecule has 1 fully saturated rings. The zero-order valence-electron chi connectivity index (χ0n) is 15.2. The molecule has 1 aliphatic carbocycles. The van der Waals surface area contributed by atoms with Crippen LogP contribution in [0, 0.1) is 16.7 Å². The number of carbonyl (C=O) groups is 1. The van der Waals surface area contributed by atoms with Gasteiger partial charge in [-0.2, -0.15) is 5.26 Å². The van der Waals surface area contributed by atoms with Crippen LogP contribution in [-0.2, 0) is 4.79 Å². The van der Waals surface area contributed by atoms with Crippen molar-refractivity contribution in [1.29, 1.82) is 5.26 Å². The number of rotatable bonds is 6. The fraction of sp³-hybridized carbons (Fsp3) is 0.278. The van der Waals surface area contributed by atoms with Gasteiger partial charge in [0.2, 0.25) is 0 Å². The van der Waals surface area contributed by atoms with Gasteiger partial charge < -0.3 is 7.96 Å². The van der Waals surface area contributed by atoms with Crippen LogP contribution in [0.15, 0.2) is 47.6 Å². The van der Waals surface area contributed by atoms with Crippen molar-refractivity contribution in [2.75, 3.05) is 5.75 Å². The number of carboxylic acid groups (broad SMARTS) is 1. The normalized spacial score (nSPS) is 14.3. The number of hydrogen-bond donors (Lipinski definition) is 1. The third-order valence-corrected chi connectivity index (χ3v) is 5.55. The zero-order valence-corrected chi connectivity index (χ0v) is 16.3. The van der Waals surface area contributed by atoms with Crippen LogP contribution in [0.5, 0.6) is 0 Å². The van der Waals surface area contributed by atoms with Crippen molar-refractivity contribution in [2.24, 2.45) is 5.41 Å². The van der Waals surface area contributed by atoms with Gasteiger partial charge in [-0.1, -0.05) is 12.1 Å². The predicted octanol–water partition coefficient (Wildman–Crippen LogP) is 3.81. The van der Waals surface area contributed by atoms with Crippen LogP contribution >= 0.6 is 11.8 Å². The molecule has 0 aliphatic heterocycles. The molecule has 1 saturated carbocycles. The van der Waals surface area contributed by atoms with Gasteiger partial charge in [0.05, 0.1) is 18.1 Å². The van der Waals surface area contributed by atoms with E-state index in [0.29, 0.717) is 5.56 Å². The average Bonchev–Trinajstić information content (AvgIpc) is 3.32. The number of carboxylic acids is 1. The van der Waals surface area contributed by atoms with E-state index in [1.165, 1.54) is 0 Å². The van der Waals surface area contributed by atoms with Gasteiger partial charge in [-0.3, -0.25) is 9.78 Å². The molecule has 2 aromatic rings. The van der Waals surface area contributed by atoms with E-state index in [1.807, 2.05) is 24.4 Å². The van der Waals surface area contributed by atoms with Crippen LogP contribution in [0.1, 0.15) is 27.7 Å². The molecule has 0 saturated heterocycles. The first-order valence-electron chi connectivity index (χ1n) is 7.41. The molecule has 0 atom stereocenters. The number of benzene rings is 1. The molecule has 1 heterocycles. The number of aliphatic carboxylic acids is 1. The van der Waals surface area contributed by atoms with Crippen molar-refractivity contribution < 1.29 is 12.8 Å². The first-order chi connectivity index (χ1) is 11.1. The number of nitrogens with zero attached hydrogens (tertiary/aromatic N) is 2. The molecule has 1 aromatic carbocycles. The van der Waals surface area contributed by atoms with Gasteiger partial charge in [0.1, 0.15) is 0 Å². The van der Waals surface area contributed by atoms with Gasteiger partial charge in [-0.25, -0.2) is 0 Å². The minimum atomic E-state index is -0.717. The van der Waals surface area contributed by atoms with E-state index in [2.05, 4.69) is 11.1 Å². The predicted molar refractivity (Wildman–Crippen MR) is 97.0 cm³/mol. The third kappa shape index (κ3) is 4.73. The molecule has 0 unspecified atom stereocenters. The van der Waals surface area contributed by atoms with Gasteiger partial charge in [-0.15, -0.1) is 11.8 Å². The molecule has 1 aliphatic rings. The van der Waals surface area contributed by atoms with E-state index in [9.17, 15) is 4.79 Å². The molecule has 1 N–H and O–H groups in total. The average molecular weight is 366 g/mol. The summed E-state index contributed by atoms with van der Waals surface area (Å²) in [4.78, 5) is 16.3. The molecule has 120 valence electrons. The van der Waals surface area contributed by atoms with E-state index >= 15 is 0 Å². The van der Waals surface area contributed by atoms with Crippen LogP contribution in [-0.4, -0.2) is 59.6 Å².